The van der Waals surface area contributed by atoms with Crippen LogP contribution in [0.4, 0.5) is 8.78 Å². The minimum atomic E-state index is -3.09. The highest BCUT2D eigenvalue weighted by Gasteiger charge is 2.29. The summed E-state index contributed by atoms with van der Waals surface area (Å²) in [7, 11) is -3.09. The first-order valence-electron chi connectivity index (χ1n) is 18.2. The number of halogens is 2. The van der Waals surface area contributed by atoms with Gasteiger partial charge in [-0.15, -0.1) is 0 Å². The van der Waals surface area contributed by atoms with Gasteiger partial charge < -0.3 is 4.57 Å². The first-order chi connectivity index (χ1) is 27.4. The molecule has 0 bridgehead atoms. The molecule has 56 heavy (non-hydrogen) atoms. The Bertz CT molecular complexity index is 2760. The predicted molar refractivity (Wildman–Crippen MR) is 224 cm³/mol. The fourth-order valence-electron chi connectivity index (χ4n) is 7.14. The Balaban J connectivity index is 1.07. The van der Waals surface area contributed by atoms with Crippen LogP contribution >= 0.6 is 7.14 Å². The summed E-state index contributed by atoms with van der Waals surface area (Å²) in [6, 6.07) is 60.2. The SMILES string of the molecule is O=P(c1ccccc1)(c1ccccc1)c1ccc(-c2ccc(-c3ccc(-c4nc(-c5ccc(F)cc5)nc(-c5ccc(F)cc5)n4)cc3)c3ccccc23)cc1. The predicted octanol–water partition coefficient (Wildman–Crippen LogP) is 11.3. The van der Waals surface area contributed by atoms with Crippen molar-refractivity contribution in [1.29, 1.82) is 0 Å². The van der Waals surface area contributed by atoms with Gasteiger partial charge in [0, 0.05) is 32.6 Å². The van der Waals surface area contributed by atoms with Crippen LogP contribution in [0.1, 0.15) is 0 Å². The van der Waals surface area contributed by atoms with Gasteiger partial charge in [0.2, 0.25) is 0 Å². The van der Waals surface area contributed by atoms with Crippen LogP contribution in [-0.2, 0) is 4.57 Å². The van der Waals surface area contributed by atoms with Crippen LogP contribution in [0.25, 0.3) is 67.2 Å². The Morgan fingerprint density at radius 2 is 0.625 bits per heavy atom. The van der Waals surface area contributed by atoms with E-state index in [0.29, 0.717) is 28.6 Å². The highest BCUT2D eigenvalue weighted by atomic mass is 31.2. The van der Waals surface area contributed by atoms with Gasteiger partial charge in [-0.05, 0) is 81.6 Å². The van der Waals surface area contributed by atoms with Crippen LogP contribution in [0.15, 0.2) is 194 Å². The van der Waals surface area contributed by atoms with Crippen molar-refractivity contribution in [2.24, 2.45) is 0 Å². The zero-order chi connectivity index (χ0) is 38.1. The van der Waals surface area contributed by atoms with Gasteiger partial charge in [-0.2, -0.15) is 0 Å². The van der Waals surface area contributed by atoms with Gasteiger partial charge in [-0.1, -0.05) is 146 Å². The summed E-state index contributed by atoms with van der Waals surface area (Å²) in [6.07, 6.45) is 0. The van der Waals surface area contributed by atoms with Crippen molar-refractivity contribution < 1.29 is 13.3 Å². The Labute approximate surface area is 323 Å². The highest BCUT2D eigenvalue weighted by molar-refractivity contribution is 7.85. The van der Waals surface area contributed by atoms with E-state index in [1.54, 1.807) is 24.3 Å². The minimum Gasteiger partial charge on any atom is -0.309 e. The van der Waals surface area contributed by atoms with E-state index < -0.39 is 7.14 Å². The normalized spacial score (nSPS) is 11.5. The maximum absolute atomic E-state index is 14.9. The molecular formula is C49H32F2N3OP. The largest absolute Gasteiger partial charge is 0.309 e. The molecule has 0 fully saturated rings. The van der Waals surface area contributed by atoms with Crippen LogP contribution in [0.3, 0.4) is 0 Å². The summed E-state index contributed by atoms with van der Waals surface area (Å²) in [5, 5.41) is 4.58. The average molecular weight is 748 g/mol. The summed E-state index contributed by atoms with van der Waals surface area (Å²) in [5.41, 5.74) is 6.24. The van der Waals surface area contributed by atoms with Gasteiger partial charge >= 0.3 is 0 Å². The zero-order valence-corrected chi connectivity index (χ0v) is 30.8. The van der Waals surface area contributed by atoms with Crippen LogP contribution in [-0.4, -0.2) is 15.0 Å². The number of nitrogens with zero attached hydrogens (tertiary/aromatic N) is 3. The summed E-state index contributed by atoms with van der Waals surface area (Å²) in [4.78, 5) is 14.2. The molecule has 0 spiro atoms. The molecule has 0 unspecified atom stereocenters. The van der Waals surface area contributed by atoms with Gasteiger partial charge in [0.25, 0.3) is 0 Å². The van der Waals surface area contributed by atoms with E-state index in [4.69, 9.17) is 9.97 Å². The fourth-order valence-corrected chi connectivity index (χ4v) is 9.78. The molecule has 0 aliphatic carbocycles. The van der Waals surface area contributed by atoms with Crippen molar-refractivity contribution in [3.63, 3.8) is 0 Å². The Kier molecular flexibility index (Phi) is 9.18. The van der Waals surface area contributed by atoms with Crippen molar-refractivity contribution >= 4 is 33.8 Å². The first kappa shape index (κ1) is 34.9. The second-order valence-corrected chi connectivity index (χ2v) is 16.2. The van der Waals surface area contributed by atoms with E-state index >= 15 is 0 Å². The Hall–Kier alpha value is -6.88. The highest BCUT2D eigenvalue weighted by Crippen LogP contribution is 2.43. The Morgan fingerprint density at radius 1 is 0.321 bits per heavy atom. The van der Waals surface area contributed by atoms with Crippen molar-refractivity contribution in [1.82, 2.24) is 15.0 Å². The average Bonchev–Trinajstić information content (AvgIpc) is 3.27. The minimum absolute atomic E-state index is 0.356. The third-order valence-electron chi connectivity index (χ3n) is 10.00. The molecule has 0 N–H and O–H groups in total. The van der Waals surface area contributed by atoms with E-state index in [1.807, 2.05) is 97.1 Å². The van der Waals surface area contributed by atoms with E-state index in [0.717, 1.165) is 54.5 Å². The lowest BCUT2D eigenvalue weighted by Gasteiger charge is -2.20. The summed E-state index contributed by atoms with van der Waals surface area (Å²) < 4.78 is 42.5. The summed E-state index contributed by atoms with van der Waals surface area (Å²) in [5.74, 6) is 0.500. The number of aromatic nitrogens is 3. The van der Waals surface area contributed by atoms with Crippen LogP contribution in [0, 0.1) is 11.6 Å². The zero-order valence-electron chi connectivity index (χ0n) is 29.9. The van der Waals surface area contributed by atoms with Crippen LogP contribution in [0.2, 0.25) is 0 Å². The van der Waals surface area contributed by atoms with Gasteiger partial charge in [-0.25, -0.2) is 23.7 Å². The third kappa shape index (κ3) is 6.61. The van der Waals surface area contributed by atoms with Crippen LogP contribution in [0.5, 0.6) is 0 Å². The van der Waals surface area contributed by atoms with E-state index in [1.165, 1.54) is 24.3 Å². The lowest BCUT2D eigenvalue weighted by Crippen LogP contribution is -2.24. The van der Waals surface area contributed by atoms with Crippen molar-refractivity contribution in [2.75, 3.05) is 0 Å². The first-order valence-corrected chi connectivity index (χ1v) is 19.9. The van der Waals surface area contributed by atoms with E-state index in [2.05, 4.69) is 53.5 Å². The Morgan fingerprint density at radius 3 is 1.02 bits per heavy atom. The molecule has 9 rings (SSSR count). The smallest absolute Gasteiger partial charge is 0.171 e. The molecule has 0 aliphatic heterocycles. The topological polar surface area (TPSA) is 55.7 Å². The van der Waals surface area contributed by atoms with Crippen molar-refractivity contribution in [2.45, 2.75) is 0 Å². The summed E-state index contributed by atoms with van der Waals surface area (Å²) in [6.45, 7) is 0. The van der Waals surface area contributed by atoms with Crippen LogP contribution < -0.4 is 15.9 Å². The van der Waals surface area contributed by atoms with Gasteiger partial charge in [-0.3, -0.25) is 0 Å². The molecule has 268 valence electrons. The molecule has 0 radical (unpaired) electrons. The molecule has 0 aliphatic rings. The van der Waals surface area contributed by atoms with Crippen molar-refractivity contribution in [3.8, 4) is 56.4 Å². The van der Waals surface area contributed by atoms with E-state index in [9.17, 15) is 13.3 Å². The molecular weight excluding hydrogens is 716 g/mol. The van der Waals surface area contributed by atoms with Gasteiger partial charge in [0.1, 0.15) is 11.6 Å². The van der Waals surface area contributed by atoms with E-state index in [-0.39, 0.29) is 11.6 Å². The second-order valence-electron chi connectivity index (χ2n) is 13.4. The maximum Gasteiger partial charge on any atom is 0.171 e. The molecule has 0 amide bonds. The lowest BCUT2D eigenvalue weighted by molar-refractivity contribution is 0.592. The molecule has 0 saturated carbocycles. The third-order valence-corrected chi connectivity index (χ3v) is 13.1. The van der Waals surface area contributed by atoms with Gasteiger partial charge in [0.15, 0.2) is 24.6 Å². The summed E-state index contributed by atoms with van der Waals surface area (Å²) >= 11 is 0. The molecule has 0 saturated heterocycles. The standard InChI is InChI=1S/C49H32F2N3OP/c50-38-25-19-36(20-26-38)48-52-47(53-49(54-48)37-21-27-39(51)28-22-37)35-17-15-33(16-18-35)43-31-32-44(46-14-8-7-13-45(43)46)34-23-29-42(30-24-34)56(55,40-9-3-1-4-10-40)41-11-5-2-6-12-41/h1-32H. The molecule has 1 aromatic heterocycles. The van der Waals surface area contributed by atoms with Gasteiger partial charge in [0.05, 0.1) is 0 Å². The van der Waals surface area contributed by atoms with Crippen molar-refractivity contribution in [3.05, 3.63) is 206 Å². The molecule has 4 nitrogen and oxygen atoms in total. The number of hydrogen-bond donors (Lipinski definition) is 0. The monoisotopic (exact) mass is 747 g/mol. The number of fused-ring (bicyclic) bond motifs is 1. The number of benzene rings is 8. The number of hydrogen-bond acceptors (Lipinski definition) is 4. The lowest BCUT2D eigenvalue weighted by atomic mass is 9.92. The molecule has 7 heteroatoms. The fraction of sp³-hybridized carbons (Fsp3) is 0. The quantitative estimate of drug-likeness (QED) is 0.145. The maximum atomic E-state index is 14.9. The molecule has 9 aromatic rings. The number of rotatable bonds is 8. The molecule has 1 heterocycles. The second kappa shape index (κ2) is 14.7. The molecule has 8 aromatic carbocycles. The molecule has 0 atom stereocenters.